The molecule has 1 aliphatic rings. The second-order valence-corrected chi connectivity index (χ2v) is 7.23. The van der Waals surface area contributed by atoms with E-state index in [4.69, 9.17) is 4.74 Å². The molecule has 25 heavy (non-hydrogen) atoms. The average molecular weight is 342 g/mol. The molecule has 2 unspecified atom stereocenters. The first-order valence-electron chi connectivity index (χ1n) is 8.38. The van der Waals surface area contributed by atoms with Crippen LogP contribution in [0, 0.1) is 5.41 Å². The van der Waals surface area contributed by atoms with Crippen LogP contribution in [0.5, 0.6) is 5.75 Å². The molecule has 1 aromatic carbocycles. The lowest BCUT2D eigenvalue weighted by atomic mass is 9.64. The SMILES string of the molecule is CC1=CC(O)CC(C)(C)C1(O)/C=C/C(C)=C/C(=O)Oc1ccccc1. The number of para-hydroxylation sites is 1. The summed E-state index contributed by atoms with van der Waals surface area (Å²) in [7, 11) is 0. The number of rotatable bonds is 4. The maximum atomic E-state index is 11.9. The lowest BCUT2D eigenvalue weighted by Crippen LogP contribution is -2.48. The molecule has 0 aromatic heterocycles. The predicted molar refractivity (Wildman–Crippen MR) is 98.1 cm³/mol. The fraction of sp³-hybridized carbons (Fsp3) is 0.381. The van der Waals surface area contributed by atoms with E-state index in [9.17, 15) is 15.0 Å². The highest BCUT2D eigenvalue weighted by Crippen LogP contribution is 2.45. The van der Waals surface area contributed by atoms with Gasteiger partial charge in [0.1, 0.15) is 11.4 Å². The summed E-state index contributed by atoms with van der Waals surface area (Å²) < 4.78 is 5.22. The van der Waals surface area contributed by atoms with Crippen molar-refractivity contribution in [1.82, 2.24) is 0 Å². The van der Waals surface area contributed by atoms with Gasteiger partial charge in [-0.05, 0) is 49.6 Å². The summed E-state index contributed by atoms with van der Waals surface area (Å²) >= 11 is 0. The minimum Gasteiger partial charge on any atom is -0.423 e. The normalized spacial score (nSPS) is 26.4. The molecule has 4 heteroatoms. The second kappa shape index (κ2) is 7.38. The number of allylic oxidation sites excluding steroid dienone is 2. The van der Waals surface area contributed by atoms with Crippen molar-refractivity contribution in [2.75, 3.05) is 0 Å². The van der Waals surface area contributed by atoms with Crippen molar-refractivity contribution < 1.29 is 19.7 Å². The van der Waals surface area contributed by atoms with E-state index < -0.39 is 23.1 Å². The first-order valence-corrected chi connectivity index (χ1v) is 8.38. The minimum atomic E-state index is -1.18. The summed E-state index contributed by atoms with van der Waals surface area (Å²) in [5, 5.41) is 21.0. The van der Waals surface area contributed by atoms with E-state index in [0.717, 1.165) is 0 Å². The van der Waals surface area contributed by atoms with Crippen LogP contribution in [0.25, 0.3) is 0 Å². The molecule has 0 saturated carbocycles. The fourth-order valence-electron chi connectivity index (χ4n) is 3.16. The highest BCUT2D eigenvalue weighted by atomic mass is 16.5. The van der Waals surface area contributed by atoms with E-state index >= 15 is 0 Å². The third-order valence-corrected chi connectivity index (χ3v) is 4.69. The number of ether oxygens (including phenoxy) is 1. The third kappa shape index (κ3) is 4.47. The zero-order chi connectivity index (χ0) is 18.7. The topological polar surface area (TPSA) is 66.8 Å². The molecule has 134 valence electrons. The van der Waals surface area contributed by atoms with Crippen LogP contribution in [0.1, 0.15) is 34.1 Å². The molecule has 2 N–H and O–H groups in total. The van der Waals surface area contributed by atoms with E-state index in [1.165, 1.54) is 6.08 Å². The van der Waals surface area contributed by atoms with Crippen LogP contribution in [-0.2, 0) is 4.79 Å². The lowest BCUT2D eigenvalue weighted by molar-refractivity contribution is -0.129. The highest BCUT2D eigenvalue weighted by molar-refractivity contribution is 5.85. The summed E-state index contributed by atoms with van der Waals surface area (Å²) in [4.78, 5) is 11.9. The molecule has 1 aromatic rings. The van der Waals surface area contributed by atoms with Crippen molar-refractivity contribution in [2.24, 2.45) is 5.41 Å². The first-order chi connectivity index (χ1) is 11.6. The van der Waals surface area contributed by atoms with Crippen molar-refractivity contribution in [3.63, 3.8) is 0 Å². The Kier molecular flexibility index (Phi) is 5.65. The molecule has 4 nitrogen and oxygen atoms in total. The summed E-state index contributed by atoms with van der Waals surface area (Å²) in [5.41, 5.74) is -0.326. The number of carbonyl (C=O) groups is 1. The summed E-state index contributed by atoms with van der Waals surface area (Å²) in [6.07, 6.45) is 6.37. The molecule has 0 fully saturated rings. The molecule has 2 rings (SSSR count). The quantitative estimate of drug-likeness (QED) is 0.289. The van der Waals surface area contributed by atoms with Crippen molar-refractivity contribution in [3.05, 3.63) is 65.8 Å². The molecule has 2 atom stereocenters. The van der Waals surface area contributed by atoms with Crippen molar-refractivity contribution in [2.45, 2.75) is 45.8 Å². The number of aliphatic hydroxyl groups is 2. The van der Waals surface area contributed by atoms with Gasteiger partial charge >= 0.3 is 5.97 Å². The Morgan fingerprint density at radius 3 is 2.52 bits per heavy atom. The Morgan fingerprint density at radius 2 is 1.92 bits per heavy atom. The predicted octanol–water partition coefficient (Wildman–Crippen LogP) is 3.56. The van der Waals surface area contributed by atoms with Gasteiger partial charge in [-0.15, -0.1) is 0 Å². The van der Waals surface area contributed by atoms with Crippen LogP contribution in [0.2, 0.25) is 0 Å². The van der Waals surface area contributed by atoms with Crippen molar-refractivity contribution in [1.29, 1.82) is 0 Å². The molecule has 0 spiro atoms. The molecule has 0 bridgehead atoms. The number of hydrogen-bond acceptors (Lipinski definition) is 4. The van der Waals surface area contributed by atoms with Crippen molar-refractivity contribution >= 4 is 5.97 Å². The fourth-order valence-corrected chi connectivity index (χ4v) is 3.16. The number of hydrogen-bond donors (Lipinski definition) is 2. The lowest BCUT2D eigenvalue weighted by Gasteiger charge is -2.46. The number of benzene rings is 1. The van der Waals surface area contributed by atoms with E-state index in [1.807, 2.05) is 19.9 Å². The highest BCUT2D eigenvalue weighted by Gasteiger charge is 2.46. The van der Waals surface area contributed by atoms with E-state index in [1.54, 1.807) is 56.3 Å². The summed E-state index contributed by atoms with van der Waals surface area (Å²) in [6, 6.07) is 8.86. The van der Waals surface area contributed by atoms with Gasteiger partial charge in [0.2, 0.25) is 0 Å². The zero-order valence-corrected chi connectivity index (χ0v) is 15.2. The molecular formula is C21H26O4. The van der Waals surface area contributed by atoms with Gasteiger partial charge < -0.3 is 14.9 Å². The van der Waals surface area contributed by atoms with Gasteiger partial charge in [-0.2, -0.15) is 0 Å². The monoisotopic (exact) mass is 342 g/mol. The van der Waals surface area contributed by atoms with Crippen LogP contribution in [0.3, 0.4) is 0 Å². The van der Waals surface area contributed by atoms with E-state index in [0.29, 0.717) is 23.3 Å². The Morgan fingerprint density at radius 1 is 1.28 bits per heavy atom. The maximum Gasteiger partial charge on any atom is 0.336 e. The largest absolute Gasteiger partial charge is 0.423 e. The number of aliphatic hydroxyl groups excluding tert-OH is 1. The van der Waals surface area contributed by atoms with Gasteiger partial charge in [-0.3, -0.25) is 0 Å². The number of carbonyl (C=O) groups excluding carboxylic acids is 1. The molecular weight excluding hydrogens is 316 g/mol. The standard InChI is InChI=1S/C21H26O4/c1-15(12-19(23)25-18-8-6-5-7-9-18)10-11-21(24)16(2)13-17(22)14-20(21,3)4/h5-13,17,22,24H,14H2,1-4H3/b11-10+,15-12+. The van der Waals surface area contributed by atoms with Gasteiger partial charge in [-0.1, -0.05) is 44.2 Å². The van der Waals surface area contributed by atoms with E-state index in [-0.39, 0.29) is 0 Å². The first kappa shape index (κ1) is 19.2. The maximum absolute atomic E-state index is 11.9. The van der Waals surface area contributed by atoms with Crippen LogP contribution >= 0.6 is 0 Å². The third-order valence-electron chi connectivity index (χ3n) is 4.69. The second-order valence-electron chi connectivity index (χ2n) is 7.23. The molecule has 1 aliphatic carbocycles. The molecule has 0 radical (unpaired) electrons. The number of esters is 1. The molecule has 0 aliphatic heterocycles. The van der Waals surface area contributed by atoms with E-state index in [2.05, 4.69) is 0 Å². The van der Waals surface area contributed by atoms with Crippen LogP contribution in [0.4, 0.5) is 0 Å². The van der Waals surface area contributed by atoms with Gasteiger partial charge in [0.15, 0.2) is 0 Å². The molecule has 0 saturated heterocycles. The Labute approximate surface area is 149 Å². The zero-order valence-electron chi connectivity index (χ0n) is 15.2. The Hall–Kier alpha value is -2.17. The van der Waals surface area contributed by atoms with Gasteiger partial charge in [0.25, 0.3) is 0 Å². The Balaban J connectivity index is 2.14. The van der Waals surface area contributed by atoms with Crippen molar-refractivity contribution in [3.8, 4) is 5.75 Å². The van der Waals surface area contributed by atoms with Crippen LogP contribution in [-0.4, -0.2) is 27.9 Å². The van der Waals surface area contributed by atoms with Gasteiger partial charge in [-0.25, -0.2) is 4.79 Å². The molecule has 0 heterocycles. The van der Waals surface area contributed by atoms with Crippen LogP contribution < -0.4 is 4.74 Å². The average Bonchev–Trinajstić information content (AvgIpc) is 2.51. The minimum absolute atomic E-state index is 0.462. The summed E-state index contributed by atoms with van der Waals surface area (Å²) in [5.74, 6) is 0.0197. The van der Waals surface area contributed by atoms with Crippen LogP contribution in [0.15, 0.2) is 65.8 Å². The van der Waals surface area contributed by atoms with Gasteiger partial charge in [0.05, 0.1) is 6.10 Å². The Bertz CT molecular complexity index is 713. The molecule has 0 amide bonds. The van der Waals surface area contributed by atoms with Gasteiger partial charge in [0, 0.05) is 11.5 Å². The summed E-state index contributed by atoms with van der Waals surface area (Å²) in [6.45, 7) is 7.41. The smallest absolute Gasteiger partial charge is 0.336 e.